The lowest BCUT2D eigenvalue weighted by atomic mass is 10.1. The van der Waals surface area contributed by atoms with Crippen molar-refractivity contribution in [3.05, 3.63) is 59.4 Å². The molecule has 8 nitrogen and oxygen atoms in total. The summed E-state index contributed by atoms with van der Waals surface area (Å²) in [6.45, 7) is 12.2. The Kier molecular flexibility index (Phi) is 7.07. The summed E-state index contributed by atoms with van der Waals surface area (Å²) in [5.74, 6) is 1.42. The van der Waals surface area contributed by atoms with Crippen molar-refractivity contribution in [2.75, 3.05) is 4.90 Å². The Labute approximate surface area is 225 Å². The van der Waals surface area contributed by atoms with E-state index in [4.69, 9.17) is 9.72 Å². The molecule has 0 atom stereocenters. The van der Waals surface area contributed by atoms with Crippen LogP contribution in [0.25, 0.3) is 11.0 Å². The van der Waals surface area contributed by atoms with Gasteiger partial charge in [-0.15, -0.1) is 0 Å². The summed E-state index contributed by atoms with van der Waals surface area (Å²) in [5, 5.41) is 2.83. The van der Waals surface area contributed by atoms with Crippen molar-refractivity contribution in [3.63, 3.8) is 0 Å². The smallest absolute Gasteiger partial charge is 0.407 e. The highest BCUT2D eigenvalue weighted by Gasteiger charge is 2.39. The molecule has 0 bridgehead atoms. The standard InChI is InChI=1S/C30H39N5O3/c1-20(2)14-15-33-26-13-10-21(17-31-28(36)38-30(3,4)5)16-24(26)32-27(33)19-35-25-9-7-6-8-22(25)18-34(29(35)37)23-11-12-23/h6-10,13,16,20,23H,11-12,14-15,17-19H2,1-5H3,(H,31,36). The number of nitrogens with one attached hydrogen (secondary N) is 1. The van der Waals surface area contributed by atoms with Crippen LogP contribution in [0.15, 0.2) is 42.5 Å². The van der Waals surface area contributed by atoms with Gasteiger partial charge in [0.25, 0.3) is 0 Å². The van der Waals surface area contributed by atoms with E-state index >= 15 is 0 Å². The van der Waals surface area contributed by atoms with Gasteiger partial charge in [0.1, 0.15) is 11.4 Å². The number of hydrogen-bond donors (Lipinski definition) is 1. The highest BCUT2D eigenvalue weighted by Crippen LogP contribution is 2.37. The molecule has 5 rings (SSSR count). The third kappa shape index (κ3) is 5.79. The largest absolute Gasteiger partial charge is 0.444 e. The summed E-state index contributed by atoms with van der Waals surface area (Å²) < 4.78 is 7.62. The quantitative estimate of drug-likeness (QED) is 0.385. The van der Waals surface area contributed by atoms with Crippen LogP contribution in [0.1, 0.15) is 70.8 Å². The third-order valence-corrected chi connectivity index (χ3v) is 7.04. The number of para-hydroxylation sites is 1. The number of aryl methyl sites for hydroxylation is 1. The van der Waals surface area contributed by atoms with E-state index in [1.165, 1.54) is 5.56 Å². The van der Waals surface area contributed by atoms with Crippen LogP contribution in [0.2, 0.25) is 0 Å². The Morgan fingerprint density at radius 1 is 1.16 bits per heavy atom. The summed E-state index contributed by atoms with van der Waals surface area (Å²) in [6, 6.07) is 14.7. The molecule has 2 aliphatic rings. The number of ether oxygens (including phenoxy) is 1. The first-order valence-corrected chi connectivity index (χ1v) is 13.7. The van der Waals surface area contributed by atoms with E-state index in [-0.39, 0.29) is 6.03 Å². The van der Waals surface area contributed by atoms with Crippen molar-refractivity contribution in [2.24, 2.45) is 5.92 Å². The number of carbonyl (C=O) groups excluding carboxylic acids is 2. The minimum Gasteiger partial charge on any atom is -0.444 e. The predicted molar refractivity (Wildman–Crippen MR) is 149 cm³/mol. The molecule has 0 saturated heterocycles. The molecule has 2 aromatic carbocycles. The molecule has 8 heteroatoms. The fourth-order valence-electron chi connectivity index (χ4n) is 4.96. The van der Waals surface area contributed by atoms with Crippen LogP contribution in [0.4, 0.5) is 15.3 Å². The van der Waals surface area contributed by atoms with Gasteiger partial charge in [-0.25, -0.2) is 14.6 Å². The Morgan fingerprint density at radius 2 is 1.92 bits per heavy atom. The summed E-state index contributed by atoms with van der Waals surface area (Å²) in [5.41, 5.74) is 4.46. The van der Waals surface area contributed by atoms with E-state index < -0.39 is 11.7 Å². The summed E-state index contributed by atoms with van der Waals surface area (Å²) >= 11 is 0. The lowest BCUT2D eigenvalue weighted by Gasteiger charge is -2.37. The van der Waals surface area contributed by atoms with Gasteiger partial charge in [0.05, 0.1) is 23.3 Å². The zero-order valence-corrected chi connectivity index (χ0v) is 23.2. The van der Waals surface area contributed by atoms with Crippen LogP contribution in [0.5, 0.6) is 0 Å². The summed E-state index contributed by atoms with van der Waals surface area (Å²) in [7, 11) is 0. The van der Waals surface area contributed by atoms with E-state index in [9.17, 15) is 9.59 Å². The summed E-state index contributed by atoms with van der Waals surface area (Å²) in [4.78, 5) is 34.7. The molecule has 1 N–H and O–H groups in total. The number of amides is 3. The molecule has 1 aromatic heterocycles. The lowest BCUT2D eigenvalue weighted by molar-refractivity contribution is 0.0523. The molecule has 202 valence electrons. The molecular weight excluding hydrogens is 478 g/mol. The molecule has 1 fully saturated rings. The van der Waals surface area contributed by atoms with Gasteiger partial charge in [-0.2, -0.15) is 0 Å². The third-order valence-electron chi connectivity index (χ3n) is 7.04. The van der Waals surface area contributed by atoms with Gasteiger partial charge in [0, 0.05) is 25.7 Å². The van der Waals surface area contributed by atoms with Crippen LogP contribution in [0, 0.1) is 5.92 Å². The van der Waals surface area contributed by atoms with Crippen LogP contribution in [-0.2, 0) is 30.9 Å². The van der Waals surface area contributed by atoms with Gasteiger partial charge >= 0.3 is 12.1 Å². The number of aromatic nitrogens is 2. The number of urea groups is 1. The van der Waals surface area contributed by atoms with Gasteiger partial charge in [-0.1, -0.05) is 38.1 Å². The summed E-state index contributed by atoms with van der Waals surface area (Å²) in [6.07, 6.45) is 2.73. The normalized spacial score (nSPS) is 15.8. The average Bonchev–Trinajstić information content (AvgIpc) is 3.63. The number of hydrogen-bond acceptors (Lipinski definition) is 4. The van der Waals surface area contributed by atoms with E-state index in [0.717, 1.165) is 53.9 Å². The van der Waals surface area contributed by atoms with Crippen LogP contribution in [0.3, 0.4) is 0 Å². The molecule has 3 aromatic rings. The second-order valence-electron chi connectivity index (χ2n) is 11.9. The number of carbonyl (C=O) groups is 2. The fourth-order valence-corrected chi connectivity index (χ4v) is 4.96. The van der Waals surface area contributed by atoms with Crippen LogP contribution < -0.4 is 10.2 Å². The maximum Gasteiger partial charge on any atom is 0.407 e. The molecule has 0 spiro atoms. The van der Waals surface area contributed by atoms with Crippen molar-refractivity contribution in [3.8, 4) is 0 Å². The van der Waals surface area contributed by atoms with Gasteiger partial charge in [-0.05, 0) is 75.3 Å². The van der Waals surface area contributed by atoms with Gasteiger partial charge < -0.3 is 19.5 Å². The second kappa shape index (κ2) is 10.3. The topological polar surface area (TPSA) is 79.7 Å². The molecule has 38 heavy (non-hydrogen) atoms. The number of benzene rings is 2. The molecule has 3 amide bonds. The van der Waals surface area contributed by atoms with Gasteiger partial charge in [0.2, 0.25) is 0 Å². The maximum atomic E-state index is 13.6. The Hall–Kier alpha value is -3.55. The molecule has 1 aliphatic carbocycles. The van der Waals surface area contributed by atoms with Crippen LogP contribution >= 0.6 is 0 Å². The fraction of sp³-hybridized carbons (Fsp3) is 0.500. The molecule has 0 radical (unpaired) electrons. The SMILES string of the molecule is CC(C)CCn1c(CN2C(=O)N(C3CC3)Cc3ccccc32)nc2cc(CNC(=O)OC(C)(C)C)ccc21. The van der Waals surface area contributed by atoms with E-state index in [2.05, 4.69) is 35.9 Å². The molecule has 2 heterocycles. The molecule has 0 unspecified atom stereocenters. The van der Waals surface area contributed by atoms with Crippen molar-refractivity contribution in [1.29, 1.82) is 0 Å². The van der Waals surface area contributed by atoms with Crippen LogP contribution in [-0.4, -0.2) is 38.2 Å². The van der Waals surface area contributed by atoms with Gasteiger partial charge in [0.15, 0.2) is 0 Å². The molecular formula is C30H39N5O3. The van der Waals surface area contributed by atoms with E-state index in [1.54, 1.807) is 0 Å². The predicted octanol–water partition coefficient (Wildman–Crippen LogP) is 6.21. The minimum atomic E-state index is -0.544. The second-order valence-corrected chi connectivity index (χ2v) is 11.9. The number of alkyl carbamates (subject to hydrolysis) is 1. The van der Waals surface area contributed by atoms with Crippen molar-refractivity contribution in [2.45, 2.75) is 91.7 Å². The first kappa shape index (κ1) is 26.1. The highest BCUT2D eigenvalue weighted by molar-refractivity contribution is 5.95. The van der Waals surface area contributed by atoms with Crippen molar-refractivity contribution >= 4 is 28.8 Å². The number of fused-ring (bicyclic) bond motifs is 2. The Morgan fingerprint density at radius 3 is 2.63 bits per heavy atom. The lowest BCUT2D eigenvalue weighted by Crippen LogP contribution is -2.48. The zero-order chi connectivity index (χ0) is 27.0. The number of rotatable bonds is 8. The maximum absolute atomic E-state index is 13.6. The van der Waals surface area contributed by atoms with Crippen molar-refractivity contribution in [1.82, 2.24) is 19.8 Å². The molecule has 1 aliphatic heterocycles. The van der Waals surface area contributed by atoms with E-state index in [0.29, 0.717) is 31.6 Å². The van der Waals surface area contributed by atoms with E-state index in [1.807, 2.05) is 60.9 Å². The molecule has 1 saturated carbocycles. The number of anilines is 1. The number of nitrogens with zero attached hydrogens (tertiary/aromatic N) is 4. The zero-order valence-electron chi connectivity index (χ0n) is 23.2. The first-order chi connectivity index (χ1) is 18.1. The van der Waals surface area contributed by atoms with Crippen molar-refractivity contribution < 1.29 is 14.3 Å². The Bertz CT molecular complexity index is 1340. The Balaban J connectivity index is 1.44. The minimum absolute atomic E-state index is 0.0657. The number of imidazole rings is 1. The van der Waals surface area contributed by atoms with Gasteiger partial charge in [-0.3, -0.25) is 4.90 Å². The monoisotopic (exact) mass is 517 g/mol. The first-order valence-electron chi connectivity index (χ1n) is 13.7. The highest BCUT2D eigenvalue weighted by atomic mass is 16.6. The average molecular weight is 518 g/mol.